The molecule has 0 spiro atoms. The van der Waals surface area contributed by atoms with Gasteiger partial charge in [0, 0.05) is 19.6 Å². The first-order chi connectivity index (χ1) is 8.85. The molecule has 0 aliphatic heterocycles. The number of carbonyl (C=O) groups excluding carboxylic acids is 1. The Balaban J connectivity index is -0.000000209. The molecule has 0 bridgehead atoms. The van der Waals surface area contributed by atoms with Gasteiger partial charge in [-0.3, -0.25) is 0 Å². The normalized spacial score (nSPS) is 11.3. The van der Waals surface area contributed by atoms with Crippen LogP contribution in [0.4, 0.5) is 0 Å². The van der Waals surface area contributed by atoms with Gasteiger partial charge in [0.2, 0.25) is 0 Å². The van der Waals surface area contributed by atoms with Crippen LogP contribution in [0.2, 0.25) is 0 Å². The minimum Gasteiger partial charge on any atom is -0.394 e. The molecule has 5 nitrogen and oxygen atoms in total. The molecule has 0 rings (SSSR count). The van der Waals surface area contributed by atoms with E-state index in [1.54, 1.807) is 0 Å². The molecule has 0 aliphatic rings. The van der Waals surface area contributed by atoms with Crippen molar-refractivity contribution in [3.05, 3.63) is 0 Å². The van der Waals surface area contributed by atoms with Crippen LogP contribution in [0.3, 0.4) is 0 Å². The van der Waals surface area contributed by atoms with Gasteiger partial charge >= 0.3 is 0 Å². The van der Waals surface area contributed by atoms with Crippen LogP contribution in [0.5, 0.6) is 0 Å². The minimum absolute atomic E-state index is 0.0370. The number of aldehydes is 1. The van der Waals surface area contributed by atoms with Crippen molar-refractivity contribution in [3.63, 3.8) is 0 Å². The zero-order chi connectivity index (χ0) is 15.7. The lowest BCUT2D eigenvalue weighted by Crippen LogP contribution is -2.11. The predicted octanol–water partition coefficient (Wildman–Crippen LogP) is 2.00. The van der Waals surface area contributed by atoms with Gasteiger partial charge in [-0.2, -0.15) is 0 Å². The highest BCUT2D eigenvalue weighted by Gasteiger charge is 1.94. The molecule has 0 aromatic rings. The van der Waals surface area contributed by atoms with Crippen LogP contribution in [-0.4, -0.2) is 48.7 Å². The molecular formula is C14H32O5. The molecule has 0 saturated carbocycles. The smallest absolute Gasteiger partial charge is 0.154 e. The van der Waals surface area contributed by atoms with Gasteiger partial charge in [0.25, 0.3) is 0 Å². The average molecular weight is 280 g/mol. The fraction of sp³-hybridized carbons (Fsp3) is 0.929. The van der Waals surface area contributed by atoms with Crippen molar-refractivity contribution in [1.82, 2.24) is 0 Å². The minimum atomic E-state index is -0.560. The Bertz CT molecular complexity index is 154. The molecule has 0 amide bonds. The molecule has 0 aliphatic carbocycles. The second-order valence-corrected chi connectivity index (χ2v) is 4.31. The van der Waals surface area contributed by atoms with Crippen molar-refractivity contribution in [2.45, 2.75) is 60.4 Å². The van der Waals surface area contributed by atoms with Gasteiger partial charge in [0.05, 0.1) is 12.7 Å². The number of hydrogen-bond acceptors (Lipinski definition) is 5. The number of aliphatic hydroxyl groups is 2. The van der Waals surface area contributed by atoms with Crippen molar-refractivity contribution in [3.8, 4) is 0 Å². The SMILES string of the molecule is CC(C)CC=O.CC(O)CO.CCOC(C)OCC. The van der Waals surface area contributed by atoms with Crippen molar-refractivity contribution in [2.24, 2.45) is 5.92 Å². The van der Waals surface area contributed by atoms with E-state index in [9.17, 15) is 4.79 Å². The maximum absolute atomic E-state index is 9.62. The van der Waals surface area contributed by atoms with Crippen LogP contribution in [0.1, 0.15) is 48.0 Å². The van der Waals surface area contributed by atoms with E-state index in [0.717, 1.165) is 19.5 Å². The largest absolute Gasteiger partial charge is 0.394 e. The molecule has 5 heteroatoms. The Morgan fingerprint density at radius 3 is 1.53 bits per heavy atom. The number of aliphatic hydroxyl groups excluding tert-OH is 2. The maximum atomic E-state index is 9.62. The highest BCUT2D eigenvalue weighted by Crippen LogP contribution is 1.92. The fourth-order valence-electron chi connectivity index (χ4n) is 0.710. The van der Waals surface area contributed by atoms with Crippen molar-refractivity contribution in [2.75, 3.05) is 19.8 Å². The summed E-state index contributed by atoms with van der Waals surface area (Å²) in [5.41, 5.74) is 0. The number of hydrogen-bond donors (Lipinski definition) is 2. The third-order valence-electron chi connectivity index (χ3n) is 1.63. The van der Waals surface area contributed by atoms with E-state index < -0.39 is 6.10 Å². The molecule has 118 valence electrons. The molecule has 0 fully saturated rings. The molecule has 0 saturated heterocycles. The Hall–Kier alpha value is -0.490. The summed E-state index contributed by atoms with van der Waals surface area (Å²) >= 11 is 0. The summed E-state index contributed by atoms with van der Waals surface area (Å²) in [5, 5.41) is 16.0. The Labute approximate surface area is 117 Å². The second-order valence-electron chi connectivity index (χ2n) is 4.31. The van der Waals surface area contributed by atoms with E-state index in [1.807, 2.05) is 34.6 Å². The van der Waals surface area contributed by atoms with Crippen LogP contribution in [0, 0.1) is 5.92 Å². The summed E-state index contributed by atoms with van der Waals surface area (Å²) < 4.78 is 10.1. The number of ether oxygens (including phenoxy) is 2. The van der Waals surface area contributed by atoms with E-state index >= 15 is 0 Å². The second kappa shape index (κ2) is 19.8. The Morgan fingerprint density at radius 1 is 1.05 bits per heavy atom. The summed E-state index contributed by atoms with van der Waals surface area (Å²) in [6.07, 6.45) is 1.05. The van der Waals surface area contributed by atoms with Crippen molar-refractivity contribution >= 4 is 6.29 Å². The van der Waals surface area contributed by atoms with Crippen LogP contribution < -0.4 is 0 Å². The molecule has 0 aromatic carbocycles. The first-order valence-corrected chi connectivity index (χ1v) is 6.81. The molecule has 0 heterocycles. The van der Waals surface area contributed by atoms with Crippen molar-refractivity contribution in [1.29, 1.82) is 0 Å². The molecule has 1 atom stereocenters. The van der Waals surface area contributed by atoms with E-state index in [1.165, 1.54) is 6.92 Å². The molecule has 19 heavy (non-hydrogen) atoms. The fourth-order valence-corrected chi connectivity index (χ4v) is 0.710. The number of rotatable bonds is 7. The van der Waals surface area contributed by atoms with Gasteiger partial charge in [0.15, 0.2) is 6.29 Å². The predicted molar refractivity (Wildman–Crippen MR) is 77.0 cm³/mol. The average Bonchev–Trinajstić information content (AvgIpc) is 2.31. The van der Waals surface area contributed by atoms with Gasteiger partial charge < -0.3 is 24.5 Å². The summed E-state index contributed by atoms with van der Waals surface area (Å²) in [5.74, 6) is 0.530. The third kappa shape index (κ3) is 38.1. The lowest BCUT2D eigenvalue weighted by atomic mass is 10.2. The van der Waals surface area contributed by atoms with Crippen LogP contribution in [0.15, 0.2) is 0 Å². The Kier molecular flexibility index (Phi) is 24.6. The van der Waals surface area contributed by atoms with Gasteiger partial charge in [-0.15, -0.1) is 0 Å². The monoisotopic (exact) mass is 280 g/mol. The van der Waals surface area contributed by atoms with Gasteiger partial charge in [-0.25, -0.2) is 0 Å². The van der Waals surface area contributed by atoms with Gasteiger partial charge in [-0.1, -0.05) is 13.8 Å². The lowest BCUT2D eigenvalue weighted by Gasteiger charge is -2.09. The zero-order valence-corrected chi connectivity index (χ0v) is 13.3. The topological polar surface area (TPSA) is 76.0 Å². The maximum Gasteiger partial charge on any atom is 0.154 e. The summed E-state index contributed by atoms with van der Waals surface area (Å²) in [6.45, 7) is 12.7. The van der Waals surface area contributed by atoms with Crippen molar-refractivity contribution < 1.29 is 24.5 Å². The highest BCUT2D eigenvalue weighted by atomic mass is 16.7. The quantitative estimate of drug-likeness (QED) is 0.551. The van der Waals surface area contributed by atoms with Crippen LogP contribution in [0.25, 0.3) is 0 Å². The molecular weight excluding hydrogens is 248 g/mol. The Morgan fingerprint density at radius 2 is 1.42 bits per heavy atom. The summed E-state index contributed by atoms with van der Waals surface area (Å²) in [4.78, 5) is 9.62. The first kappa shape index (κ1) is 23.6. The zero-order valence-electron chi connectivity index (χ0n) is 13.3. The molecule has 2 N–H and O–H groups in total. The highest BCUT2D eigenvalue weighted by molar-refractivity contribution is 5.49. The third-order valence-corrected chi connectivity index (χ3v) is 1.63. The lowest BCUT2D eigenvalue weighted by molar-refractivity contribution is -0.123. The molecule has 0 radical (unpaired) electrons. The van der Waals surface area contributed by atoms with E-state index in [2.05, 4.69) is 0 Å². The summed E-state index contributed by atoms with van der Waals surface area (Å²) in [6, 6.07) is 0. The molecule has 0 aromatic heterocycles. The van der Waals surface area contributed by atoms with Crippen LogP contribution >= 0.6 is 0 Å². The van der Waals surface area contributed by atoms with E-state index in [0.29, 0.717) is 12.3 Å². The van der Waals surface area contributed by atoms with Gasteiger partial charge in [-0.05, 0) is 33.6 Å². The molecule has 1 unspecified atom stereocenters. The number of carbonyl (C=O) groups is 1. The van der Waals surface area contributed by atoms with E-state index in [4.69, 9.17) is 19.7 Å². The van der Waals surface area contributed by atoms with Crippen LogP contribution in [-0.2, 0) is 14.3 Å². The van der Waals surface area contributed by atoms with Gasteiger partial charge in [0.1, 0.15) is 6.29 Å². The standard InChI is InChI=1S/C6H14O2.C5H10O.C3H8O2/c1-4-7-6(3)8-5-2;1-5(2)3-4-6;1-3(5)2-4/h6H,4-5H2,1-3H3;4-5H,3H2,1-2H3;3-5H,2H2,1H3. The first-order valence-electron chi connectivity index (χ1n) is 6.81. The van der Waals surface area contributed by atoms with E-state index in [-0.39, 0.29) is 12.9 Å². The summed E-state index contributed by atoms with van der Waals surface area (Å²) in [7, 11) is 0.